The van der Waals surface area contributed by atoms with Gasteiger partial charge in [0.25, 0.3) is 0 Å². The van der Waals surface area contributed by atoms with Crippen molar-refractivity contribution in [1.82, 2.24) is 0 Å². The third kappa shape index (κ3) is 4.45. The maximum absolute atomic E-state index is 12.6. The first kappa shape index (κ1) is 19.1. The maximum Gasteiger partial charge on any atom is 0.178 e. The number of benzene rings is 1. The molecule has 0 aromatic heterocycles. The van der Waals surface area contributed by atoms with Gasteiger partial charge in [0.05, 0.1) is 29.5 Å². The van der Waals surface area contributed by atoms with E-state index >= 15 is 0 Å². The number of sulfone groups is 1. The molecule has 3 N–H and O–H groups in total. The first-order chi connectivity index (χ1) is 11.4. The van der Waals surface area contributed by atoms with Gasteiger partial charge in [-0.1, -0.05) is 24.3 Å². The van der Waals surface area contributed by atoms with Gasteiger partial charge in [-0.25, -0.2) is 8.42 Å². The minimum Gasteiger partial charge on any atom is -0.394 e. The lowest BCUT2D eigenvalue weighted by Gasteiger charge is -2.23. The minimum absolute atomic E-state index is 0.00637. The van der Waals surface area contributed by atoms with Crippen LogP contribution in [-0.4, -0.2) is 48.3 Å². The second-order valence-corrected chi connectivity index (χ2v) is 8.64. The molecule has 2 rings (SSSR count). The zero-order chi connectivity index (χ0) is 17.7. The number of aliphatic hydroxyl groups is 3. The summed E-state index contributed by atoms with van der Waals surface area (Å²) < 4.78 is 25.3. The smallest absolute Gasteiger partial charge is 0.178 e. The van der Waals surface area contributed by atoms with Crippen LogP contribution in [0.25, 0.3) is 0 Å². The molecule has 24 heavy (non-hydrogen) atoms. The Labute approximate surface area is 143 Å². The maximum atomic E-state index is 12.6. The molecule has 5 nitrogen and oxygen atoms in total. The Balaban J connectivity index is 2.18. The molecule has 1 aliphatic carbocycles. The highest BCUT2D eigenvalue weighted by Crippen LogP contribution is 2.42. The van der Waals surface area contributed by atoms with E-state index < -0.39 is 28.0 Å². The summed E-state index contributed by atoms with van der Waals surface area (Å²) in [6.45, 7) is 3.36. The molecule has 6 heteroatoms. The first-order valence-electron chi connectivity index (χ1n) is 8.24. The summed E-state index contributed by atoms with van der Waals surface area (Å²) in [7, 11) is -3.49. The number of hydrogen-bond donors (Lipinski definition) is 3. The molecule has 0 radical (unpaired) electrons. The first-order valence-corrected chi connectivity index (χ1v) is 9.90. The van der Waals surface area contributed by atoms with Crippen molar-refractivity contribution in [2.24, 2.45) is 17.8 Å². The molecule has 1 fully saturated rings. The number of aliphatic hydroxyl groups excluding tert-OH is 3. The molecule has 0 spiro atoms. The SMILES string of the molecule is C=CC[C@@H]1CC(C[C@H](O)CO)[C@H](O)C1CS(=O)(=O)c1ccccc1. The van der Waals surface area contributed by atoms with Crippen LogP contribution in [0.5, 0.6) is 0 Å². The van der Waals surface area contributed by atoms with Crippen LogP contribution in [-0.2, 0) is 9.84 Å². The van der Waals surface area contributed by atoms with Gasteiger partial charge in [0.2, 0.25) is 0 Å². The van der Waals surface area contributed by atoms with Gasteiger partial charge in [-0.3, -0.25) is 0 Å². The van der Waals surface area contributed by atoms with Crippen LogP contribution < -0.4 is 0 Å². The van der Waals surface area contributed by atoms with Gasteiger partial charge in [0.15, 0.2) is 9.84 Å². The summed E-state index contributed by atoms with van der Waals surface area (Å²) >= 11 is 0. The lowest BCUT2D eigenvalue weighted by molar-refractivity contribution is 0.0354. The lowest BCUT2D eigenvalue weighted by Crippen LogP contribution is -2.31. The fourth-order valence-electron chi connectivity index (χ4n) is 3.69. The molecule has 0 heterocycles. The average Bonchev–Trinajstić information content (AvgIpc) is 2.84. The van der Waals surface area contributed by atoms with Crippen LogP contribution in [0, 0.1) is 17.8 Å². The van der Waals surface area contributed by atoms with Crippen molar-refractivity contribution in [1.29, 1.82) is 0 Å². The van der Waals surface area contributed by atoms with Crippen LogP contribution in [0.2, 0.25) is 0 Å². The summed E-state index contributed by atoms with van der Waals surface area (Å²) in [5.41, 5.74) is 0. The van der Waals surface area contributed by atoms with Crippen LogP contribution in [0.15, 0.2) is 47.9 Å². The van der Waals surface area contributed by atoms with Gasteiger partial charge in [0, 0.05) is 5.92 Å². The fourth-order valence-corrected chi connectivity index (χ4v) is 5.43. The van der Waals surface area contributed by atoms with E-state index in [1.165, 1.54) is 0 Å². The molecule has 0 amide bonds. The summed E-state index contributed by atoms with van der Waals surface area (Å²) in [4.78, 5) is 0.258. The summed E-state index contributed by atoms with van der Waals surface area (Å²) in [5.74, 6) is -0.730. The molecule has 0 saturated heterocycles. The Hall–Kier alpha value is -1.21. The van der Waals surface area contributed by atoms with Gasteiger partial charge in [-0.15, -0.1) is 6.58 Å². The quantitative estimate of drug-likeness (QED) is 0.613. The van der Waals surface area contributed by atoms with Crippen molar-refractivity contribution >= 4 is 9.84 Å². The van der Waals surface area contributed by atoms with Crippen molar-refractivity contribution in [2.75, 3.05) is 12.4 Å². The molecule has 1 aliphatic rings. The van der Waals surface area contributed by atoms with Gasteiger partial charge in [0.1, 0.15) is 0 Å². The largest absolute Gasteiger partial charge is 0.394 e. The number of allylic oxidation sites excluding steroid dienone is 1. The lowest BCUT2D eigenvalue weighted by atomic mass is 9.93. The predicted molar refractivity (Wildman–Crippen MR) is 92.1 cm³/mol. The second-order valence-electron chi connectivity index (χ2n) is 6.60. The van der Waals surface area contributed by atoms with E-state index in [9.17, 15) is 18.6 Å². The topological polar surface area (TPSA) is 94.8 Å². The van der Waals surface area contributed by atoms with Crippen molar-refractivity contribution < 1.29 is 23.7 Å². The summed E-state index contributed by atoms with van der Waals surface area (Å²) in [5, 5.41) is 29.3. The number of hydrogen-bond acceptors (Lipinski definition) is 5. The minimum atomic E-state index is -3.49. The van der Waals surface area contributed by atoms with Crippen molar-refractivity contribution in [3.8, 4) is 0 Å². The highest BCUT2D eigenvalue weighted by atomic mass is 32.2. The second kappa shape index (κ2) is 8.25. The summed E-state index contributed by atoms with van der Waals surface area (Å²) in [6, 6.07) is 8.24. The Morgan fingerprint density at radius 1 is 1.25 bits per heavy atom. The van der Waals surface area contributed by atoms with E-state index in [0.717, 1.165) is 0 Å². The monoisotopic (exact) mass is 354 g/mol. The van der Waals surface area contributed by atoms with E-state index in [1.54, 1.807) is 36.4 Å². The predicted octanol–water partition coefficient (Wildman–Crippen LogP) is 1.39. The van der Waals surface area contributed by atoms with Crippen molar-refractivity contribution in [2.45, 2.75) is 36.4 Å². The Morgan fingerprint density at radius 3 is 2.50 bits per heavy atom. The third-order valence-corrected chi connectivity index (χ3v) is 6.72. The molecule has 1 aromatic carbocycles. The molecule has 5 atom stereocenters. The Kier molecular flexibility index (Phi) is 6.57. The molecule has 2 unspecified atom stereocenters. The average molecular weight is 354 g/mol. The number of rotatable bonds is 8. The zero-order valence-electron chi connectivity index (χ0n) is 13.7. The van der Waals surface area contributed by atoms with E-state index in [4.69, 9.17) is 5.11 Å². The van der Waals surface area contributed by atoms with Crippen LogP contribution in [0.4, 0.5) is 0 Å². The van der Waals surface area contributed by atoms with E-state index in [2.05, 4.69) is 6.58 Å². The van der Waals surface area contributed by atoms with E-state index in [1.807, 2.05) is 0 Å². The van der Waals surface area contributed by atoms with Crippen LogP contribution in [0.1, 0.15) is 19.3 Å². The highest BCUT2D eigenvalue weighted by Gasteiger charge is 2.44. The fraction of sp³-hybridized carbons (Fsp3) is 0.556. The van der Waals surface area contributed by atoms with Gasteiger partial charge < -0.3 is 15.3 Å². The van der Waals surface area contributed by atoms with Crippen molar-refractivity contribution in [3.05, 3.63) is 43.0 Å². The molecule has 0 bridgehead atoms. The molecular formula is C18H26O5S. The Bertz CT molecular complexity index is 628. The molecule has 1 saturated carbocycles. The normalized spacial score (nSPS) is 28.6. The molecule has 0 aliphatic heterocycles. The molecule has 134 valence electrons. The van der Waals surface area contributed by atoms with Gasteiger partial charge >= 0.3 is 0 Å². The molecular weight excluding hydrogens is 328 g/mol. The Morgan fingerprint density at radius 2 is 1.92 bits per heavy atom. The third-order valence-electron chi connectivity index (χ3n) is 4.90. The van der Waals surface area contributed by atoms with Gasteiger partial charge in [-0.05, 0) is 43.2 Å². The van der Waals surface area contributed by atoms with Gasteiger partial charge in [-0.2, -0.15) is 0 Å². The molecule has 1 aromatic rings. The van der Waals surface area contributed by atoms with E-state index in [-0.39, 0.29) is 35.5 Å². The standard InChI is InChI=1S/C18H26O5S/c1-2-6-13-9-14(10-15(20)11-19)18(21)17(13)12-24(22,23)16-7-4-3-5-8-16/h2-5,7-8,13-15,17-21H,1,6,9-12H2/t13-,14?,15+,17?,18+/m1/s1. The highest BCUT2D eigenvalue weighted by molar-refractivity contribution is 7.91. The zero-order valence-corrected chi connectivity index (χ0v) is 14.5. The van der Waals surface area contributed by atoms with Crippen LogP contribution in [0.3, 0.4) is 0 Å². The summed E-state index contributed by atoms with van der Waals surface area (Å²) in [6.07, 6.45) is 1.56. The van der Waals surface area contributed by atoms with Crippen LogP contribution >= 0.6 is 0 Å². The van der Waals surface area contributed by atoms with Crippen molar-refractivity contribution in [3.63, 3.8) is 0 Å². The van der Waals surface area contributed by atoms with E-state index in [0.29, 0.717) is 12.8 Å².